The molecule has 0 radical (unpaired) electrons. The summed E-state index contributed by atoms with van der Waals surface area (Å²) in [6.45, 7) is 2.19. The summed E-state index contributed by atoms with van der Waals surface area (Å²) in [5.41, 5.74) is 0.848. The maximum atomic E-state index is 12.4. The van der Waals surface area contributed by atoms with Crippen LogP contribution in [-0.2, 0) is 11.3 Å². The number of hydrogen-bond acceptors (Lipinski definition) is 5. The number of amides is 1. The molecule has 0 aliphatic carbocycles. The third-order valence-corrected chi connectivity index (χ3v) is 3.49. The average Bonchev–Trinajstić information content (AvgIpc) is 3.26. The molecule has 2 aromatic heterocycles. The first-order valence-electron chi connectivity index (χ1n) is 7.39. The van der Waals surface area contributed by atoms with Gasteiger partial charge in [0.1, 0.15) is 6.04 Å². The van der Waals surface area contributed by atoms with E-state index in [2.05, 4.69) is 25.9 Å². The Labute approximate surface area is 133 Å². The van der Waals surface area contributed by atoms with Crippen LogP contribution in [0.25, 0.3) is 5.69 Å². The van der Waals surface area contributed by atoms with E-state index >= 15 is 0 Å². The Kier molecular flexibility index (Phi) is 4.41. The number of para-hydroxylation sites is 1. The van der Waals surface area contributed by atoms with Gasteiger partial charge in [-0.3, -0.25) is 9.48 Å². The van der Waals surface area contributed by atoms with Crippen LogP contribution in [0.1, 0.15) is 25.2 Å². The number of benzene rings is 1. The van der Waals surface area contributed by atoms with Crippen molar-refractivity contribution in [2.45, 2.75) is 25.9 Å². The minimum absolute atomic E-state index is 0.112. The van der Waals surface area contributed by atoms with Crippen LogP contribution in [-0.4, -0.2) is 35.9 Å². The van der Waals surface area contributed by atoms with Crippen LogP contribution in [0.3, 0.4) is 0 Å². The number of hydrogen-bond donors (Lipinski definition) is 1. The Balaban J connectivity index is 1.69. The average molecular weight is 311 g/mol. The lowest BCUT2D eigenvalue weighted by atomic mass is 10.2. The highest BCUT2D eigenvalue weighted by Crippen LogP contribution is 2.11. The zero-order valence-electron chi connectivity index (χ0n) is 12.7. The third kappa shape index (κ3) is 3.25. The van der Waals surface area contributed by atoms with Crippen LogP contribution in [0.2, 0.25) is 0 Å². The van der Waals surface area contributed by atoms with Gasteiger partial charge in [0.2, 0.25) is 5.91 Å². The van der Waals surface area contributed by atoms with E-state index in [4.69, 9.17) is 0 Å². The normalized spacial score (nSPS) is 12.0. The molecular formula is C15H17N7O. The molecule has 0 saturated carbocycles. The molecule has 1 N–H and O–H groups in total. The Morgan fingerprint density at radius 1 is 1.26 bits per heavy atom. The number of nitrogens with zero attached hydrogens (tertiary/aromatic N) is 6. The number of carbonyl (C=O) groups excluding carboxylic acids is 1. The number of tetrazole rings is 1. The fraction of sp³-hybridized carbons (Fsp3) is 0.267. The van der Waals surface area contributed by atoms with E-state index in [-0.39, 0.29) is 18.5 Å². The zero-order chi connectivity index (χ0) is 16.1. The molecule has 3 aromatic rings. The van der Waals surface area contributed by atoms with Crippen molar-refractivity contribution in [1.82, 2.24) is 35.3 Å². The van der Waals surface area contributed by atoms with E-state index in [0.29, 0.717) is 12.2 Å². The molecule has 0 spiro atoms. The van der Waals surface area contributed by atoms with Gasteiger partial charge in [-0.25, -0.2) is 0 Å². The summed E-state index contributed by atoms with van der Waals surface area (Å²) in [6.07, 6.45) is 4.09. The number of nitrogens with one attached hydrogen (secondary N) is 1. The van der Waals surface area contributed by atoms with E-state index in [1.807, 2.05) is 37.3 Å². The molecule has 3 rings (SSSR count). The first-order valence-corrected chi connectivity index (χ1v) is 7.39. The molecule has 8 heteroatoms. The van der Waals surface area contributed by atoms with Gasteiger partial charge in [-0.1, -0.05) is 25.1 Å². The van der Waals surface area contributed by atoms with Crippen LogP contribution >= 0.6 is 0 Å². The van der Waals surface area contributed by atoms with Crippen LogP contribution in [0.5, 0.6) is 0 Å². The Bertz CT molecular complexity index is 751. The summed E-state index contributed by atoms with van der Waals surface area (Å²) >= 11 is 0. The summed E-state index contributed by atoms with van der Waals surface area (Å²) in [4.78, 5) is 12.4. The van der Waals surface area contributed by atoms with Gasteiger partial charge in [0.05, 0.1) is 12.2 Å². The molecule has 8 nitrogen and oxygen atoms in total. The fourth-order valence-corrected chi connectivity index (χ4v) is 2.33. The van der Waals surface area contributed by atoms with Crippen molar-refractivity contribution in [3.63, 3.8) is 0 Å². The zero-order valence-corrected chi connectivity index (χ0v) is 12.7. The number of rotatable bonds is 6. The Morgan fingerprint density at radius 2 is 2.09 bits per heavy atom. The van der Waals surface area contributed by atoms with Gasteiger partial charge in [-0.2, -0.15) is 9.78 Å². The Morgan fingerprint density at radius 3 is 2.78 bits per heavy atom. The van der Waals surface area contributed by atoms with Crippen LogP contribution in [0, 0.1) is 0 Å². The van der Waals surface area contributed by atoms with Crippen molar-refractivity contribution in [2.24, 2.45) is 0 Å². The van der Waals surface area contributed by atoms with Gasteiger partial charge in [0.25, 0.3) is 0 Å². The molecule has 0 fully saturated rings. The van der Waals surface area contributed by atoms with Crippen LogP contribution < -0.4 is 5.32 Å². The third-order valence-electron chi connectivity index (χ3n) is 3.49. The maximum Gasteiger partial charge on any atom is 0.245 e. The van der Waals surface area contributed by atoms with Gasteiger partial charge in [0, 0.05) is 12.4 Å². The van der Waals surface area contributed by atoms with Crippen molar-refractivity contribution in [3.8, 4) is 5.69 Å². The van der Waals surface area contributed by atoms with Crippen molar-refractivity contribution < 1.29 is 4.79 Å². The molecule has 118 valence electrons. The molecule has 0 aliphatic heterocycles. The molecule has 0 aliphatic rings. The topological polar surface area (TPSA) is 90.5 Å². The highest BCUT2D eigenvalue weighted by atomic mass is 16.2. The van der Waals surface area contributed by atoms with E-state index < -0.39 is 0 Å². The van der Waals surface area contributed by atoms with Crippen molar-refractivity contribution in [1.29, 1.82) is 0 Å². The fourth-order valence-electron chi connectivity index (χ4n) is 2.33. The second-order valence-electron chi connectivity index (χ2n) is 4.97. The molecule has 0 unspecified atom stereocenters. The summed E-state index contributed by atoms with van der Waals surface area (Å²) in [5, 5.41) is 18.6. The van der Waals surface area contributed by atoms with Gasteiger partial charge < -0.3 is 5.32 Å². The quantitative estimate of drug-likeness (QED) is 0.737. The van der Waals surface area contributed by atoms with Gasteiger partial charge in [0.15, 0.2) is 5.82 Å². The summed E-state index contributed by atoms with van der Waals surface area (Å²) in [5.74, 6) is 0.457. The minimum Gasteiger partial charge on any atom is -0.347 e. The monoisotopic (exact) mass is 311 g/mol. The predicted molar refractivity (Wildman–Crippen MR) is 82.6 cm³/mol. The summed E-state index contributed by atoms with van der Waals surface area (Å²) < 4.78 is 3.25. The molecular weight excluding hydrogens is 294 g/mol. The minimum atomic E-state index is -0.342. The highest BCUT2D eigenvalue weighted by Gasteiger charge is 2.19. The largest absolute Gasteiger partial charge is 0.347 e. The van der Waals surface area contributed by atoms with Crippen molar-refractivity contribution >= 4 is 5.91 Å². The van der Waals surface area contributed by atoms with E-state index in [1.54, 1.807) is 27.8 Å². The molecule has 2 heterocycles. The molecule has 23 heavy (non-hydrogen) atoms. The molecule has 1 atom stereocenters. The summed E-state index contributed by atoms with van der Waals surface area (Å²) in [6, 6.07) is 11.0. The predicted octanol–water partition coefficient (Wildman–Crippen LogP) is 1.13. The van der Waals surface area contributed by atoms with Gasteiger partial charge in [-0.05, 0) is 35.0 Å². The van der Waals surface area contributed by atoms with Crippen LogP contribution in [0.15, 0.2) is 48.8 Å². The van der Waals surface area contributed by atoms with Crippen molar-refractivity contribution in [2.75, 3.05) is 0 Å². The lowest BCUT2D eigenvalue weighted by Crippen LogP contribution is -2.33. The van der Waals surface area contributed by atoms with E-state index in [0.717, 1.165) is 5.69 Å². The van der Waals surface area contributed by atoms with Gasteiger partial charge >= 0.3 is 0 Å². The molecule has 0 bridgehead atoms. The van der Waals surface area contributed by atoms with Crippen molar-refractivity contribution in [3.05, 3.63) is 54.6 Å². The number of carbonyl (C=O) groups is 1. The standard InChI is InChI=1S/C15H17N7O/c1-2-13(21-10-6-9-17-21)15(23)16-11-14-18-19-20-22(14)12-7-4-3-5-8-12/h3-10,13H,2,11H2,1H3,(H,16,23)/t13-/m0/s1. The first kappa shape index (κ1) is 14.9. The lowest BCUT2D eigenvalue weighted by molar-refractivity contribution is -0.124. The SMILES string of the molecule is CC[C@@H](C(=O)NCc1nnnn1-c1ccccc1)n1cccn1. The van der Waals surface area contributed by atoms with Gasteiger partial charge in [-0.15, -0.1) is 5.10 Å². The molecule has 1 aromatic carbocycles. The lowest BCUT2D eigenvalue weighted by Gasteiger charge is -2.15. The summed E-state index contributed by atoms with van der Waals surface area (Å²) in [7, 11) is 0. The molecule has 1 amide bonds. The van der Waals surface area contributed by atoms with E-state index in [9.17, 15) is 4.79 Å². The second kappa shape index (κ2) is 6.82. The number of aromatic nitrogens is 6. The highest BCUT2D eigenvalue weighted by molar-refractivity contribution is 5.80. The van der Waals surface area contributed by atoms with E-state index in [1.165, 1.54) is 0 Å². The molecule has 0 saturated heterocycles. The Hall–Kier alpha value is -3.03. The van der Waals surface area contributed by atoms with Crippen LogP contribution in [0.4, 0.5) is 0 Å². The second-order valence-corrected chi connectivity index (χ2v) is 4.97. The smallest absolute Gasteiger partial charge is 0.245 e. The first-order chi connectivity index (χ1) is 11.3. The maximum absolute atomic E-state index is 12.4.